The predicted molar refractivity (Wildman–Crippen MR) is 65.8 cm³/mol. The molecule has 0 aromatic heterocycles. The van der Waals surface area contributed by atoms with E-state index in [1.807, 2.05) is 20.8 Å². The maximum atomic E-state index is 12.2. The number of hydrogen-bond acceptors (Lipinski definition) is 2. The second-order valence-electron chi connectivity index (χ2n) is 3.96. The lowest BCUT2D eigenvalue weighted by atomic mass is 10.4. The van der Waals surface area contributed by atoms with Gasteiger partial charge in [0.25, 0.3) is 0 Å². The molecule has 2 nitrogen and oxygen atoms in total. The molecule has 4 heteroatoms. The monoisotopic (exact) mass is 234 g/mol. The Morgan fingerprint density at radius 3 is 1.71 bits per heavy atom. The molecule has 0 aliphatic heterocycles. The van der Waals surface area contributed by atoms with Crippen LogP contribution in [0.3, 0.4) is 0 Å². The zero-order valence-corrected chi connectivity index (χ0v) is 11.6. The van der Waals surface area contributed by atoms with E-state index >= 15 is 0 Å². The van der Waals surface area contributed by atoms with Crippen LogP contribution in [0.5, 0.6) is 0 Å². The Hall–Kier alpha value is -0.0931. The zero-order chi connectivity index (χ0) is 11.4. The van der Waals surface area contributed by atoms with E-state index < -0.39 is 16.5 Å². The minimum Gasteiger partial charge on any atom is -0.236 e. The molecule has 0 radical (unpaired) electrons. The van der Waals surface area contributed by atoms with Crippen molar-refractivity contribution in [2.75, 3.05) is 5.75 Å². The van der Waals surface area contributed by atoms with Gasteiger partial charge >= 0.3 is 0 Å². The molecule has 0 aliphatic carbocycles. The minimum absolute atomic E-state index is 0.189. The van der Waals surface area contributed by atoms with Crippen LogP contribution in [0.2, 0.25) is 18.1 Å². The van der Waals surface area contributed by atoms with Crippen molar-refractivity contribution in [2.24, 2.45) is 0 Å². The first kappa shape index (κ1) is 13.9. The highest BCUT2D eigenvalue weighted by molar-refractivity contribution is 8.22. The summed E-state index contributed by atoms with van der Waals surface area (Å²) in [5.74, 6) is 0.189. The van der Waals surface area contributed by atoms with Crippen LogP contribution in [-0.4, -0.2) is 21.4 Å². The van der Waals surface area contributed by atoms with Crippen molar-refractivity contribution in [1.82, 2.24) is 0 Å². The summed E-state index contributed by atoms with van der Waals surface area (Å²) in [7, 11) is -4.99. The molecule has 0 saturated carbocycles. The molecular weight excluding hydrogens is 212 g/mol. The van der Waals surface area contributed by atoms with E-state index in [0.717, 1.165) is 23.7 Å². The highest BCUT2D eigenvalue weighted by atomic mass is 32.4. The smallest absolute Gasteiger partial charge is 0.195 e. The molecule has 0 bridgehead atoms. The lowest BCUT2D eigenvalue weighted by Crippen LogP contribution is -2.43. The van der Waals surface area contributed by atoms with Crippen LogP contribution >= 0.6 is 0 Å². The second-order valence-corrected chi connectivity index (χ2v) is 14.4. The molecule has 0 heterocycles. The molecule has 0 unspecified atom stereocenters. The van der Waals surface area contributed by atoms with E-state index in [0.29, 0.717) is 0 Å². The largest absolute Gasteiger partial charge is 0.236 e. The summed E-state index contributed by atoms with van der Waals surface area (Å²) in [6.07, 6.45) is 0. The van der Waals surface area contributed by atoms with Gasteiger partial charge in [-0.25, -0.2) is 8.42 Å². The summed E-state index contributed by atoms with van der Waals surface area (Å²) < 4.78 is 24.3. The Kier molecular flexibility index (Phi) is 5.08. The van der Waals surface area contributed by atoms with Crippen molar-refractivity contribution in [3.05, 3.63) is 12.2 Å². The molecule has 84 valence electrons. The van der Waals surface area contributed by atoms with E-state index in [4.69, 9.17) is 0 Å². The van der Waals surface area contributed by atoms with Gasteiger partial charge in [-0.15, -0.1) is 0 Å². The van der Waals surface area contributed by atoms with Crippen LogP contribution in [0.4, 0.5) is 0 Å². The number of hydrogen-bond donors (Lipinski definition) is 0. The van der Waals surface area contributed by atoms with Gasteiger partial charge in [0, 0.05) is 0 Å². The van der Waals surface area contributed by atoms with Gasteiger partial charge in [0.05, 0.1) is 5.75 Å². The first-order valence-electron chi connectivity index (χ1n) is 5.22. The summed E-state index contributed by atoms with van der Waals surface area (Å²) in [5, 5.41) is 0. The molecule has 0 saturated heterocycles. The zero-order valence-electron chi connectivity index (χ0n) is 9.76. The fraction of sp³-hybridized carbons (Fsp3) is 0.800. The van der Waals surface area contributed by atoms with Crippen molar-refractivity contribution in [2.45, 2.75) is 45.8 Å². The molecule has 0 spiro atoms. The van der Waals surface area contributed by atoms with Crippen LogP contribution in [0.1, 0.15) is 27.7 Å². The first-order chi connectivity index (χ1) is 6.35. The van der Waals surface area contributed by atoms with Gasteiger partial charge in [-0.3, -0.25) is 0 Å². The molecule has 0 aliphatic rings. The van der Waals surface area contributed by atoms with Crippen molar-refractivity contribution >= 4 is 16.5 Å². The van der Waals surface area contributed by atoms with Crippen LogP contribution in [-0.2, 0) is 9.29 Å². The molecule has 0 fully saturated rings. The summed E-state index contributed by atoms with van der Waals surface area (Å²) in [5.41, 5.74) is 0.761. The molecule has 0 amide bonds. The maximum absolute atomic E-state index is 12.2. The fourth-order valence-corrected chi connectivity index (χ4v) is 11.3. The van der Waals surface area contributed by atoms with E-state index in [1.165, 1.54) is 0 Å². The van der Waals surface area contributed by atoms with Gasteiger partial charge in [-0.2, -0.15) is 0 Å². The third kappa shape index (κ3) is 2.70. The maximum Gasteiger partial charge on any atom is 0.195 e. The van der Waals surface area contributed by atoms with E-state index in [1.54, 1.807) is 6.92 Å². The highest BCUT2D eigenvalue weighted by Gasteiger charge is 2.41. The highest BCUT2D eigenvalue weighted by Crippen LogP contribution is 2.28. The predicted octanol–water partition coefficient (Wildman–Crippen LogP) is 2.98. The fourth-order valence-electron chi connectivity index (χ4n) is 1.89. The van der Waals surface area contributed by atoms with E-state index in [9.17, 15) is 8.42 Å². The minimum atomic E-state index is -2.89. The van der Waals surface area contributed by atoms with Crippen molar-refractivity contribution in [3.8, 4) is 0 Å². The average molecular weight is 234 g/mol. The first-order valence-corrected chi connectivity index (χ1v) is 10.2. The lowest BCUT2D eigenvalue weighted by Gasteiger charge is -2.27. The molecule has 0 atom stereocenters. The van der Waals surface area contributed by atoms with Gasteiger partial charge in [-0.1, -0.05) is 32.9 Å². The van der Waals surface area contributed by atoms with Crippen LogP contribution in [0.25, 0.3) is 0 Å². The summed E-state index contributed by atoms with van der Waals surface area (Å²) in [6.45, 7) is 11.5. The van der Waals surface area contributed by atoms with Gasteiger partial charge in [0.1, 0.15) is 9.29 Å². The molecule has 14 heavy (non-hydrogen) atoms. The number of rotatable bonds is 6. The Bertz CT molecular complexity index is 281. The van der Waals surface area contributed by atoms with Gasteiger partial charge in [0.2, 0.25) is 0 Å². The molecule has 0 aromatic rings. The van der Waals surface area contributed by atoms with Gasteiger partial charge < -0.3 is 0 Å². The Morgan fingerprint density at radius 1 is 1.14 bits per heavy atom. The standard InChI is InChI=1S/C10H22O2SSi/c1-6-14(7-2,8-3)13(11,12)9-10(4)5/h4,6-9H2,1-3,5H3. The molecular formula is C10H22O2SSi. The van der Waals surface area contributed by atoms with Crippen LogP contribution in [0.15, 0.2) is 12.2 Å². The normalized spacial score (nSPS) is 12.9. The SMILES string of the molecule is C=C(C)CS(=O)(=O)[Si](CC)(CC)CC. The van der Waals surface area contributed by atoms with Crippen LogP contribution in [0, 0.1) is 0 Å². The molecule has 0 aromatic carbocycles. The summed E-state index contributed by atoms with van der Waals surface area (Å²) >= 11 is 0. The van der Waals surface area contributed by atoms with Crippen molar-refractivity contribution in [1.29, 1.82) is 0 Å². The van der Waals surface area contributed by atoms with Crippen molar-refractivity contribution in [3.63, 3.8) is 0 Å². The Morgan fingerprint density at radius 2 is 1.50 bits per heavy atom. The molecule has 0 rings (SSSR count). The summed E-state index contributed by atoms with van der Waals surface area (Å²) in [6, 6.07) is 2.49. The Balaban J connectivity index is 5.10. The van der Waals surface area contributed by atoms with Gasteiger partial charge in [-0.05, 0) is 25.1 Å². The molecule has 0 N–H and O–H groups in total. The quantitative estimate of drug-likeness (QED) is 0.523. The van der Waals surface area contributed by atoms with E-state index in [2.05, 4.69) is 6.58 Å². The average Bonchev–Trinajstić information content (AvgIpc) is 2.05. The second kappa shape index (κ2) is 5.12. The lowest BCUT2D eigenvalue weighted by molar-refractivity contribution is 0.608. The van der Waals surface area contributed by atoms with E-state index in [-0.39, 0.29) is 5.75 Å². The Labute approximate surface area is 89.0 Å². The van der Waals surface area contributed by atoms with Crippen molar-refractivity contribution < 1.29 is 8.42 Å². The third-order valence-electron chi connectivity index (χ3n) is 3.03. The van der Waals surface area contributed by atoms with Crippen LogP contribution < -0.4 is 0 Å². The third-order valence-corrected chi connectivity index (χ3v) is 16.1. The van der Waals surface area contributed by atoms with Gasteiger partial charge in [0.15, 0.2) is 7.22 Å². The summed E-state index contributed by atoms with van der Waals surface area (Å²) in [4.78, 5) is 0. The topological polar surface area (TPSA) is 34.1 Å².